The Morgan fingerprint density at radius 3 is 2.62 bits per heavy atom. The van der Waals surface area contributed by atoms with Crippen LogP contribution in [0.15, 0.2) is 30.3 Å². The Balaban J connectivity index is 1.23. The molecule has 3 fully saturated rings. The van der Waals surface area contributed by atoms with Gasteiger partial charge in [-0.1, -0.05) is 31.0 Å². The van der Waals surface area contributed by atoms with Gasteiger partial charge in [0.1, 0.15) is 12.3 Å². The van der Waals surface area contributed by atoms with Crippen LogP contribution in [0.25, 0.3) is 0 Å². The number of aromatic nitrogens is 1. The summed E-state index contributed by atoms with van der Waals surface area (Å²) in [6.45, 7) is 6.79. The summed E-state index contributed by atoms with van der Waals surface area (Å²) >= 11 is 6.36. The van der Waals surface area contributed by atoms with Crippen LogP contribution in [0.2, 0.25) is 5.02 Å². The lowest BCUT2D eigenvalue weighted by atomic mass is 9.84. The second-order valence-corrected chi connectivity index (χ2v) is 17.5. The van der Waals surface area contributed by atoms with Crippen molar-refractivity contribution in [3.05, 3.63) is 52.2 Å². The van der Waals surface area contributed by atoms with Crippen molar-refractivity contribution in [2.45, 2.75) is 83.0 Å². The number of halogens is 1. The number of hydrogen-bond donors (Lipinski definition) is 1. The standard InChI is InChI=1S/C36H49ClN4O6S/c1-22-8-7-14-36(35-46-20-28(21-47-35)40(3)4)29-17-26(32(29)36)18-41-15-6-5-9-24-16-27(37)11-10-25(24)19-45-31-13-12-30(38-33(31)41)34(42)39-48(43,44)23(22)2/h10-13,16,22-23,26,28-29,32,35H,5-9,14-15,17-21H2,1-4H3,(H,39,42)/t22-,23+,26-,28?,29?,32-,35?,36?/m0/s1. The van der Waals surface area contributed by atoms with Crippen LogP contribution in [0.1, 0.15) is 74.0 Å². The molecule has 2 saturated carbocycles. The summed E-state index contributed by atoms with van der Waals surface area (Å²) < 4.78 is 48.7. The molecule has 1 amide bonds. The zero-order chi connectivity index (χ0) is 33.8. The van der Waals surface area contributed by atoms with Crippen molar-refractivity contribution >= 4 is 33.3 Å². The van der Waals surface area contributed by atoms with Gasteiger partial charge in [0.05, 0.1) is 24.5 Å². The third kappa shape index (κ3) is 6.34. The molecule has 2 aromatic rings. The van der Waals surface area contributed by atoms with E-state index in [-0.39, 0.29) is 29.4 Å². The first-order chi connectivity index (χ1) is 23.0. The molecule has 1 saturated heterocycles. The first-order valence-corrected chi connectivity index (χ1v) is 19.5. The summed E-state index contributed by atoms with van der Waals surface area (Å²) in [6, 6.07) is 9.47. The maximum atomic E-state index is 13.5. The molecule has 10 nitrogen and oxygen atoms in total. The smallest absolute Gasteiger partial charge is 0.283 e. The molecule has 2 unspecified atom stereocenters. The lowest BCUT2D eigenvalue weighted by molar-refractivity contribution is -0.236. The quantitative estimate of drug-likeness (QED) is 0.448. The number of benzene rings is 1. The van der Waals surface area contributed by atoms with E-state index in [9.17, 15) is 13.2 Å². The number of nitrogens with one attached hydrogen (secondary N) is 1. The summed E-state index contributed by atoms with van der Waals surface area (Å²) in [5.41, 5.74) is 2.23. The maximum absolute atomic E-state index is 13.5. The second kappa shape index (κ2) is 13.4. The lowest BCUT2D eigenvalue weighted by Crippen LogP contribution is -2.47. The molecular weight excluding hydrogens is 652 g/mol. The molecule has 262 valence electrons. The van der Waals surface area contributed by atoms with Gasteiger partial charge in [0.2, 0.25) is 10.0 Å². The van der Waals surface area contributed by atoms with E-state index >= 15 is 0 Å². The number of likely N-dealkylation sites (N-methyl/N-ethyl adjacent to an activating group) is 1. The summed E-state index contributed by atoms with van der Waals surface area (Å²) in [5, 5.41) is -0.0352. The monoisotopic (exact) mass is 700 g/mol. The van der Waals surface area contributed by atoms with E-state index in [1.165, 1.54) is 5.56 Å². The third-order valence-electron chi connectivity index (χ3n) is 12.0. The van der Waals surface area contributed by atoms with Gasteiger partial charge in [0, 0.05) is 23.5 Å². The highest BCUT2D eigenvalue weighted by molar-refractivity contribution is 7.90. The molecule has 2 aliphatic carbocycles. The van der Waals surface area contributed by atoms with Crippen LogP contribution in [-0.4, -0.2) is 82.2 Å². The Kier molecular flexibility index (Phi) is 9.47. The molecule has 0 radical (unpaired) electrons. The molecule has 2 bridgehead atoms. The van der Waals surface area contributed by atoms with Gasteiger partial charge in [0.15, 0.2) is 17.9 Å². The number of carbonyl (C=O) groups is 1. The highest BCUT2D eigenvalue weighted by atomic mass is 35.5. The van der Waals surface area contributed by atoms with Crippen molar-refractivity contribution in [3.8, 4) is 5.75 Å². The third-order valence-corrected chi connectivity index (χ3v) is 14.2. The van der Waals surface area contributed by atoms with Crippen molar-refractivity contribution in [2.24, 2.45) is 29.1 Å². The number of aryl methyl sites for hydroxylation is 1. The Hall–Kier alpha value is -2.44. The number of hydrogen-bond acceptors (Lipinski definition) is 9. The molecule has 4 heterocycles. The molecule has 3 aliphatic heterocycles. The predicted octanol–water partition coefficient (Wildman–Crippen LogP) is 5.28. The van der Waals surface area contributed by atoms with Crippen molar-refractivity contribution in [2.75, 3.05) is 45.3 Å². The number of pyridine rings is 1. The molecule has 0 spiro atoms. The Labute approximate surface area is 289 Å². The zero-order valence-corrected chi connectivity index (χ0v) is 30.1. The number of amides is 1. The van der Waals surface area contributed by atoms with Gasteiger partial charge in [-0.25, -0.2) is 18.1 Å². The van der Waals surface area contributed by atoms with Gasteiger partial charge in [0.25, 0.3) is 5.91 Å². The normalized spacial score (nSPS) is 35.2. The van der Waals surface area contributed by atoms with Gasteiger partial charge in [-0.3, -0.25) is 4.79 Å². The van der Waals surface area contributed by atoms with Crippen LogP contribution in [0, 0.1) is 29.1 Å². The topological polar surface area (TPSA) is 110 Å². The summed E-state index contributed by atoms with van der Waals surface area (Å²) in [4.78, 5) is 22.7. The Morgan fingerprint density at radius 2 is 1.85 bits per heavy atom. The lowest BCUT2D eigenvalue weighted by Gasteiger charge is -2.38. The SMILES string of the molecule is C[C@@H]1[C@@H](C)CCCC2(C3OCC(N(C)C)CO3)C3C[C@@H](CN4CCCCc5cc(Cl)ccc5COc5ccc(nc54)C(=O)NS1(=O)=O)[C@@H]32. The van der Waals surface area contributed by atoms with Crippen LogP contribution in [0.4, 0.5) is 5.82 Å². The van der Waals surface area contributed by atoms with Crippen molar-refractivity contribution in [1.29, 1.82) is 0 Å². The van der Waals surface area contributed by atoms with Crippen molar-refractivity contribution < 1.29 is 27.4 Å². The van der Waals surface area contributed by atoms with E-state index < -0.39 is 21.2 Å². The Morgan fingerprint density at radius 1 is 1.06 bits per heavy atom. The number of sulfonamides is 1. The molecule has 7 rings (SSSR count). The number of nitrogens with zero attached hydrogens (tertiary/aromatic N) is 3. The fraction of sp³-hybridized carbons (Fsp3) is 0.667. The second-order valence-electron chi connectivity index (χ2n) is 15.0. The fourth-order valence-corrected chi connectivity index (χ4v) is 10.3. The molecule has 48 heavy (non-hydrogen) atoms. The van der Waals surface area contributed by atoms with E-state index in [2.05, 4.69) is 28.6 Å². The van der Waals surface area contributed by atoms with E-state index in [0.717, 1.165) is 63.6 Å². The average molecular weight is 701 g/mol. The van der Waals surface area contributed by atoms with Gasteiger partial charge in [-0.05, 0) is 119 Å². The Bertz CT molecular complexity index is 1630. The van der Waals surface area contributed by atoms with Crippen LogP contribution in [0.3, 0.4) is 0 Å². The van der Waals surface area contributed by atoms with Crippen LogP contribution in [0.5, 0.6) is 5.75 Å². The maximum Gasteiger partial charge on any atom is 0.283 e. The molecular formula is C36H49ClN4O6S. The summed E-state index contributed by atoms with van der Waals surface area (Å²) in [5.74, 6) is 1.71. The molecule has 1 aromatic heterocycles. The molecule has 6 atom stereocenters. The fourth-order valence-electron chi connectivity index (χ4n) is 8.83. The van der Waals surface area contributed by atoms with Crippen molar-refractivity contribution in [3.63, 3.8) is 0 Å². The largest absolute Gasteiger partial charge is 0.485 e. The van der Waals surface area contributed by atoms with Crippen LogP contribution >= 0.6 is 11.6 Å². The zero-order valence-electron chi connectivity index (χ0n) is 28.5. The minimum Gasteiger partial charge on any atom is -0.485 e. The highest BCUT2D eigenvalue weighted by Gasteiger charge is 2.77. The number of fused-ring (bicyclic) bond motifs is 3. The summed E-state index contributed by atoms with van der Waals surface area (Å²) in [6.07, 6.45) is 6.15. The molecule has 1 aromatic carbocycles. The number of anilines is 1. The number of rotatable bonds is 2. The van der Waals surface area contributed by atoms with Gasteiger partial charge in [-0.2, -0.15) is 0 Å². The van der Waals surface area contributed by atoms with Gasteiger partial charge in [-0.15, -0.1) is 0 Å². The molecule has 5 aliphatic rings. The highest BCUT2D eigenvalue weighted by Crippen LogP contribution is 2.77. The minimum absolute atomic E-state index is 0.0617. The summed E-state index contributed by atoms with van der Waals surface area (Å²) in [7, 11) is 0.176. The van der Waals surface area contributed by atoms with E-state index in [4.69, 9.17) is 30.8 Å². The first-order valence-electron chi connectivity index (χ1n) is 17.6. The minimum atomic E-state index is -3.94. The first kappa shape index (κ1) is 34.0. The van der Waals surface area contributed by atoms with Gasteiger partial charge < -0.3 is 24.0 Å². The predicted molar refractivity (Wildman–Crippen MR) is 185 cm³/mol. The van der Waals surface area contributed by atoms with E-state index in [1.807, 2.05) is 25.1 Å². The molecule has 12 heteroatoms. The van der Waals surface area contributed by atoms with Crippen molar-refractivity contribution in [1.82, 2.24) is 14.6 Å². The van der Waals surface area contributed by atoms with Crippen LogP contribution in [-0.2, 0) is 32.5 Å². The molecule has 1 N–H and O–H groups in total. The van der Waals surface area contributed by atoms with E-state index in [0.29, 0.717) is 54.2 Å². The van der Waals surface area contributed by atoms with E-state index in [1.54, 1.807) is 19.1 Å². The number of ether oxygens (including phenoxy) is 3. The average Bonchev–Trinajstić information content (AvgIpc) is 3.60. The van der Waals surface area contributed by atoms with Crippen LogP contribution < -0.4 is 14.4 Å². The number of carbonyl (C=O) groups excluding carboxylic acids is 1. The van der Waals surface area contributed by atoms with Gasteiger partial charge >= 0.3 is 0 Å².